The number of rotatable bonds is 6. The number of pyridine rings is 2. The third-order valence-electron chi connectivity index (χ3n) is 15.3. The number of hydrogen-bond acceptors (Lipinski definition) is 7. The van der Waals surface area contributed by atoms with Gasteiger partial charge in [-0.2, -0.15) is 0 Å². The van der Waals surface area contributed by atoms with Crippen LogP contribution < -0.4 is 26.0 Å². The van der Waals surface area contributed by atoms with Crippen molar-refractivity contribution in [1.82, 2.24) is 9.97 Å². The van der Waals surface area contributed by atoms with Gasteiger partial charge in [0, 0.05) is 57.4 Å². The molecule has 68 heavy (non-hydrogen) atoms. The van der Waals surface area contributed by atoms with E-state index in [0.717, 1.165) is 86.5 Å². The zero-order valence-corrected chi connectivity index (χ0v) is 40.2. The van der Waals surface area contributed by atoms with Crippen LogP contribution >= 0.6 is 0 Å². The van der Waals surface area contributed by atoms with Gasteiger partial charge in [0.1, 0.15) is 11.4 Å². The Bertz CT molecular complexity index is 3060. The highest BCUT2D eigenvalue weighted by Gasteiger charge is 2.51. The number of hydrogen-bond donors (Lipinski definition) is 1. The number of amidine groups is 2. The molecule has 0 fully saturated rings. The average Bonchev–Trinajstić information content (AvgIpc) is 3.67. The number of aromatic nitrogens is 2. The third-order valence-corrected chi connectivity index (χ3v) is 15.3. The topological polar surface area (TPSA) is 69.0 Å². The Hall–Kier alpha value is -7.58. The second-order valence-corrected chi connectivity index (χ2v) is 20.4. The Morgan fingerprint density at radius 2 is 0.779 bits per heavy atom. The molecule has 6 aromatic carbocycles. The Kier molecular flexibility index (Phi) is 10.2. The average molecular weight is 886 g/mol. The first-order valence-electron chi connectivity index (χ1n) is 23.8. The van der Waals surface area contributed by atoms with E-state index in [-0.39, 0.29) is 22.2 Å². The van der Waals surface area contributed by atoms with Gasteiger partial charge in [-0.3, -0.25) is 20.0 Å². The fourth-order valence-electron chi connectivity index (χ4n) is 10.1. The lowest BCUT2D eigenvalue weighted by Crippen LogP contribution is -2.53. The van der Waals surface area contributed by atoms with Crippen molar-refractivity contribution < 1.29 is 0 Å². The van der Waals surface area contributed by atoms with Crippen molar-refractivity contribution >= 4 is 52.6 Å². The first-order chi connectivity index (χ1) is 32.7. The second kappa shape index (κ2) is 16.0. The normalized spacial score (nSPS) is 17.1. The molecule has 0 amide bonds. The fraction of sp³-hybridized carbons (Fsp3) is 0.200. The van der Waals surface area contributed by atoms with Crippen LogP contribution in [0.4, 0.5) is 22.7 Å². The number of para-hydroxylation sites is 2. The van der Waals surface area contributed by atoms with E-state index < -0.39 is 0 Å². The molecule has 2 aromatic heterocycles. The maximum atomic E-state index is 5.28. The molecule has 0 saturated carbocycles. The van der Waals surface area contributed by atoms with Gasteiger partial charge in [-0.15, -0.1) is 0 Å². The summed E-state index contributed by atoms with van der Waals surface area (Å²) in [6.07, 6.45) is 3.99. The summed E-state index contributed by atoms with van der Waals surface area (Å²) in [6, 6.07) is 60.8. The quantitative estimate of drug-likeness (QED) is 0.169. The van der Waals surface area contributed by atoms with Crippen LogP contribution in [0.5, 0.6) is 0 Å². The highest BCUT2D eigenvalue weighted by atomic mass is 15.4. The van der Waals surface area contributed by atoms with E-state index in [1.165, 1.54) is 22.1 Å². The van der Waals surface area contributed by atoms with Gasteiger partial charge in [0.2, 0.25) is 0 Å². The number of nitrogens with one attached hydrogen (secondary N) is 1. The Labute approximate surface area is 401 Å². The molecule has 8 heteroatoms. The van der Waals surface area contributed by atoms with Crippen LogP contribution in [0.2, 0.25) is 0 Å². The van der Waals surface area contributed by atoms with Gasteiger partial charge in [-0.05, 0) is 138 Å². The molecule has 8 aromatic rings. The summed E-state index contributed by atoms with van der Waals surface area (Å²) in [5, 5.41) is 3.94. The minimum atomic E-state index is -0.317. The SMILES string of the molecule is CC1(C)N=C(c2ccc(-c3ccc4c(c3)-c3ccccc3Bc3ccccc3-c3cc(-c5ccc(C6=NC(C)(C)C(C)(C)N6c6ccccc6)nc5)ccc3N4)cn2)N(c2ccccc2)C1(C)C. The Morgan fingerprint density at radius 3 is 1.18 bits per heavy atom. The highest BCUT2D eigenvalue weighted by Crippen LogP contribution is 2.45. The summed E-state index contributed by atoms with van der Waals surface area (Å²) in [4.78, 5) is 25.4. The molecule has 0 radical (unpaired) electrons. The lowest BCUT2D eigenvalue weighted by Gasteiger charge is -2.41. The van der Waals surface area contributed by atoms with Crippen LogP contribution in [0.1, 0.15) is 66.8 Å². The van der Waals surface area contributed by atoms with Crippen LogP contribution in [0.25, 0.3) is 44.5 Å². The van der Waals surface area contributed by atoms with Crippen LogP contribution in [0.15, 0.2) is 192 Å². The van der Waals surface area contributed by atoms with Crippen LogP contribution in [0, 0.1) is 0 Å². The monoisotopic (exact) mass is 885 g/mol. The lowest BCUT2D eigenvalue weighted by molar-refractivity contribution is 0.338. The van der Waals surface area contributed by atoms with E-state index in [0.29, 0.717) is 0 Å². The first-order valence-corrected chi connectivity index (χ1v) is 23.8. The first kappa shape index (κ1) is 43.0. The van der Waals surface area contributed by atoms with Crippen LogP contribution in [-0.2, 0) is 0 Å². The summed E-state index contributed by atoms with van der Waals surface area (Å²) in [5.74, 6) is 1.78. The van der Waals surface area contributed by atoms with Crippen molar-refractivity contribution in [1.29, 1.82) is 0 Å². The zero-order valence-electron chi connectivity index (χ0n) is 40.2. The summed E-state index contributed by atoms with van der Waals surface area (Å²) in [7, 11) is 0.783. The molecular weight excluding hydrogens is 830 g/mol. The number of anilines is 4. The Balaban J connectivity index is 0.953. The van der Waals surface area contributed by atoms with E-state index in [2.05, 4.69) is 240 Å². The maximum Gasteiger partial charge on any atom is 0.193 e. The predicted octanol–water partition coefficient (Wildman–Crippen LogP) is 12.2. The summed E-state index contributed by atoms with van der Waals surface area (Å²) < 4.78 is 0. The van der Waals surface area contributed by atoms with Gasteiger partial charge < -0.3 is 15.1 Å². The molecule has 334 valence electrons. The number of fused-ring (bicyclic) bond motifs is 6. The molecule has 3 aliphatic rings. The van der Waals surface area contributed by atoms with Gasteiger partial charge in [0.25, 0.3) is 0 Å². The van der Waals surface area contributed by atoms with E-state index >= 15 is 0 Å². The largest absolute Gasteiger partial charge is 0.355 e. The van der Waals surface area contributed by atoms with Crippen molar-refractivity contribution in [3.63, 3.8) is 0 Å². The van der Waals surface area contributed by atoms with E-state index in [1.54, 1.807) is 0 Å². The minimum Gasteiger partial charge on any atom is -0.355 e. The number of nitrogens with zero attached hydrogens (tertiary/aromatic N) is 6. The van der Waals surface area contributed by atoms with Gasteiger partial charge in [0.05, 0.1) is 22.2 Å². The molecule has 7 nitrogen and oxygen atoms in total. The molecule has 0 spiro atoms. The molecule has 0 bridgehead atoms. The molecule has 3 aliphatic heterocycles. The number of aliphatic imine (C=N–C) groups is 2. The molecule has 5 heterocycles. The lowest BCUT2D eigenvalue weighted by atomic mass is 9.59. The molecule has 0 aliphatic carbocycles. The molecule has 11 rings (SSSR count). The van der Waals surface area contributed by atoms with Crippen molar-refractivity contribution in [2.24, 2.45) is 9.98 Å². The van der Waals surface area contributed by atoms with Gasteiger partial charge in [-0.1, -0.05) is 120 Å². The third kappa shape index (κ3) is 7.13. The summed E-state index contributed by atoms with van der Waals surface area (Å²) in [6.45, 7) is 17.9. The van der Waals surface area contributed by atoms with Gasteiger partial charge >= 0.3 is 0 Å². The van der Waals surface area contributed by atoms with Crippen LogP contribution in [0.3, 0.4) is 0 Å². The van der Waals surface area contributed by atoms with E-state index in [1.807, 2.05) is 12.4 Å². The van der Waals surface area contributed by atoms with E-state index in [4.69, 9.17) is 20.0 Å². The van der Waals surface area contributed by atoms with Gasteiger partial charge in [0.15, 0.2) is 19.0 Å². The molecule has 0 atom stereocenters. The smallest absolute Gasteiger partial charge is 0.193 e. The molecule has 1 N–H and O–H groups in total. The maximum absolute atomic E-state index is 5.28. The molecule has 0 saturated heterocycles. The van der Waals surface area contributed by atoms with Crippen LogP contribution in [-0.4, -0.2) is 51.1 Å². The predicted molar refractivity (Wildman–Crippen MR) is 287 cm³/mol. The Morgan fingerprint density at radius 1 is 0.397 bits per heavy atom. The molecule has 0 unspecified atom stereocenters. The summed E-state index contributed by atoms with van der Waals surface area (Å²) in [5.41, 5.74) is 16.4. The minimum absolute atomic E-state index is 0.256. The standard InChI is InChI=1S/C60H56BN7/c1-57(2)59(5,6)67(43-19-11-9-12-20-43)55(65-57)53-33-29-41(37-62-53)39-27-31-51-47(35-39)45-23-15-17-25-49(45)61-50-26-18-16-24-46(50)48-36-40(28-32-52(48)64-51)42-30-34-54(63-38-42)56-66-58(3,4)60(7,8)68(56)44-21-13-10-14-22-44/h9-38,61,64H,1-8H3. The van der Waals surface area contributed by atoms with Gasteiger partial charge in [-0.25, -0.2) is 0 Å². The second-order valence-electron chi connectivity index (χ2n) is 20.4. The van der Waals surface area contributed by atoms with Crippen molar-refractivity contribution in [2.75, 3.05) is 15.1 Å². The van der Waals surface area contributed by atoms with Crippen molar-refractivity contribution in [3.05, 3.63) is 194 Å². The van der Waals surface area contributed by atoms with Crippen molar-refractivity contribution in [3.8, 4) is 44.5 Å². The zero-order chi connectivity index (χ0) is 47.0. The van der Waals surface area contributed by atoms with Crippen molar-refractivity contribution in [2.45, 2.75) is 77.5 Å². The number of benzene rings is 6. The van der Waals surface area contributed by atoms with E-state index in [9.17, 15) is 0 Å². The fourth-order valence-corrected chi connectivity index (χ4v) is 10.1. The highest BCUT2D eigenvalue weighted by molar-refractivity contribution is 6.70. The summed E-state index contributed by atoms with van der Waals surface area (Å²) >= 11 is 0. The molecular formula is C60H56BN7.